The number of halogens is 3. The largest absolute Gasteiger partial charge is 0.501 e. The number of allylic oxidation sites excluding steroid dienone is 2. The van der Waals surface area contributed by atoms with Gasteiger partial charge in [0.25, 0.3) is 0 Å². The van der Waals surface area contributed by atoms with Crippen molar-refractivity contribution in [1.29, 1.82) is 0 Å². The molecule has 23 heavy (non-hydrogen) atoms. The van der Waals surface area contributed by atoms with Gasteiger partial charge in [0.05, 0.1) is 18.4 Å². The highest BCUT2D eigenvalue weighted by atomic mass is 19.4. The van der Waals surface area contributed by atoms with Gasteiger partial charge in [-0.15, -0.1) is 0 Å². The quantitative estimate of drug-likeness (QED) is 0.507. The zero-order chi connectivity index (χ0) is 17.0. The maximum Gasteiger partial charge on any atom is 0.416 e. The van der Waals surface area contributed by atoms with Crippen molar-refractivity contribution in [3.63, 3.8) is 0 Å². The number of ketones is 1. The molecule has 0 saturated heterocycles. The highest BCUT2D eigenvalue weighted by Gasteiger charge is 2.33. The average Bonchev–Trinajstić information content (AvgIpc) is 2.83. The molecular weight excluding hydrogens is 307 g/mol. The minimum atomic E-state index is -4.44. The predicted molar refractivity (Wildman–Crippen MR) is 81.4 cm³/mol. The van der Waals surface area contributed by atoms with Crippen LogP contribution in [0, 0.1) is 0 Å². The molecule has 1 aromatic rings. The fourth-order valence-electron chi connectivity index (χ4n) is 2.40. The van der Waals surface area contributed by atoms with E-state index >= 15 is 0 Å². The molecule has 2 rings (SSSR count). The van der Waals surface area contributed by atoms with Crippen LogP contribution in [0.15, 0.2) is 41.8 Å². The monoisotopic (exact) mass is 325 g/mol. The fraction of sp³-hybridized carbons (Fsp3) is 0.353. The van der Waals surface area contributed by atoms with Crippen LogP contribution in [0.2, 0.25) is 0 Å². The summed E-state index contributed by atoms with van der Waals surface area (Å²) < 4.78 is 43.9. The number of nitrogens with one attached hydrogen (secondary N) is 1. The highest BCUT2D eigenvalue weighted by molar-refractivity contribution is 6.32. The molecular formula is C17H18F3NO2. The zero-order valence-corrected chi connectivity index (χ0v) is 13.0. The van der Waals surface area contributed by atoms with Crippen LogP contribution in [0.3, 0.4) is 0 Å². The van der Waals surface area contributed by atoms with Crippen LogP contribution >= 0.6 is 0 Å². The van der Waals surface area contributed by atoms with Crippen molar-refractivity contribution < 1.29 is 22.7 Å². The SMILES string of the molecule is CCCOC=C1CC(NC)=C(c2cccc(C(F)(F)F)c2)C1=O. The molecule has 0 atom stereocenters. The Morgan fingerprint density at radius 3 is 2.70 bits per heavy atom. The van der Waals surface area contributed by atoms with Crippen molar-refractivity contribution in [2.75, 3.05) is 13.7 Å². The number of hydrogen-bond donors (Lipinski definition) is 1. The molecule has 0 spiro atoms. The van der Waals surface area contributed by atoms with E-state index < -0.39 is 11.7 Å². The van der Waals surface area contributed by atoms with E-state index in [-0.39, 0.29) is 16.9 Å². The van der Waals surface area contributed by atoms with Gasteiger partial charge in [-0.1, -0.05) is 19.1 Å². The highest BCUT2D eigenvalue weighted by Crippen LogP contribution is 2.36. The van der Waals surface area contributed by atoms with E-state index in [9.17, 15) is 18.0 Å². The number of carbonyl (C=O) groups is 1. The number of Topliss-reactive ketones (excluding diaryl/α,β-unsaturated/α-hetero) is 1. The van der Waals surface area contributed by atoms with Gasteiger partial charge in [0.1, 0.15) is 0 Å². The smallest absolute Gasteiger partial charge is 0.416 e. The molecule has 1 aromatic carbocycles. The summed E-state index contributed by atoms with van der Waals surface area (Å²) in [5, 5.41) is 2.90. The van der Waals surface area contributed by atoms with Gasteiger partial charge < -0.3 is 10.1 Å². The first-order valence-electron chi connectivity index (χ1n) is 7.32. The first kappa shape index (κ1) is 17.1. The second kappa shape index (κ2) is 6.89. The first-order valence-corrected chi connectivity index (χ1v) is 7.32. The summed E-state index contributed by atoms with van der Waals surface area (Å²) in [4.78, 5) is 12.5. The Balaban J connectivity index is 2.37. The van der Waals surface area contributed by atoms with Crippen molar-refractivity contribution in [3.8, 4) is 0 Å². The van der Waals surface area contributed by atoms with Gasteiger partial charge in [0, 0.05) is 30.3 Å². The molecule has 1 aliphatic carbocycles. The van der Waals surface area contributed by atoms with E-state index in [2.05, 4.69) is 5.32 Å². The molecule has 0 heterocycles. The minimum absolute atomic E-state index is 0.257. The van der Waals surface area contributed by atoms with Crippen LogP contribution in [0.4, 0.5) is 13.2 Å². The van der Waals surface area contributed by atoms with Gasteiger partial charge in [0.15, 0.2) is 5.78 Å². The summed E-state index contributed by atoms with van der Waals surface area (Å²) in [7, 11) is 1.64. The Labute approximate surface area is 132 Å². The lowest BCUT2D eigenvalue weighted by atomic mass is 10.00. The van der Waals surface area contributed by atoms with Gasteiger partial charge in [-0.2, -0.15) is 13.2 Å². The summed E-state index contributed by atoms with van der Waals surface area (Å²) in [5.74, 6) is -0.301. The third-order valence-corrected chi connectivity index (χ3v) is 3.52. The van der Waals surface area contributed by atoms with Crippen molar-refractivity contribution in [2.24, 2.45) is 0 Å². The van der Waals surface area contributed by atoms with Gasteiger partial charge in [-0.05, 0) is 24.1 Å². The number of hydrogen-bond acceptors (Lipinski definition) is 3. The number of rotatable bonds is 5. The number of ether oxygens (including phenoxy) is 1. The topological polar surface area (TPSA) is 38.3 Å². The molecule has 0 saturated carbocycles. The number of alkyl halides is 3. The molecule has 0 aromatic heterocycles. The van der Waals surface area contributed by atoms with E-state index in [1.807, 2.05) is 6.92 Å². The van der Waals surface area contributed by atoms with Crippen LogP contribution in [-0.2, 0) is 15.7 Å². The molecule has 1 N–H and O–H groups in total. The Morgan fingerprint density at radius 2 is 2.09 bits per heavy atom. The average molecular weight is 325 g/mol. The normalized spacial score (nSPS) is 17.1. The molecule has 0 bridgehead atoms. The predicted octanol–water partition coefficient (Wildman–Crippen LogP) is 3.92. The number of benzene rings is 1. The molecule has 0 aliphatic heterocycles. The lowest BCUT2D eigenvalue weighted by molar-refractivity contribution is -0.137. The molecule has 124 valence electrons. The van der Waals surface area contributed by atoms with Crippen LogP contribution < -0.4 is 5.32 Å². The summed E-state index contributed by atoms with van der Waals surface area (Å²) in [6.07, 6.45) is -1.90. The summed E-state index contributed by atoms with van der Waals surface area (Å²) in [5.41, 5.74) is 0.791. The van der Waals surface area contributed by atoms with Crippen LogP contribution in [0.5, 0.6) is 0 Å². The van der Waals surface area contributed by atoms with Gasteiger partial charge in [-0.3, -0.25) is 4.79 Å². The second-order valence-corrected chi connectivity index (χ2v) is 5.20. The first-order chi connectivity index (χ1) is 10.9. The maximum atomic E-state index is 12.9. The summed E-state index contributed by atoms with van der Waals surface area (Å²) >= 11 is 0. The van der Waals surface area contributed by atoms with Crippen LogP contribution in [-0.4, -0.2) is 19.4 Å². The van der Waals surface area contributed by atoms with E-state index in [0.717, 1.165) is 18.6 Å². The van der Waals surface area contributed by atoms with Crippen molar-refractivity contribution in [2.45, 2.75) is 25.9 Å². The van der Waals surface area contributed by atoms with Crippen molar-refractivity contribution in [1.82, 2.24) is 5.32 Å². The van der Waals surface area contributed by atoms with Crippen molar-refractivity contribution >= 4 is 11.4 Å². The van der Waals surface area contributed by atoms with Gasteiger partial charge in [-0.25, -0.2) is 0 Å². The maximum absolute atomic E-state index is 12.9. The molecule has 3 nitrogen and oxygen atoms in total. The third-order valence-electron chi connectivity index (χ3n) is 3.52. The molecule has 0 unspecified atom stereocenters. The second-order valence-electron chi connectivity index (χ2n) is 5.20. The molecule has 1 aliphatic rings. The van der Waals surface area contributed by atoms with E-state index in [0.29, 0.717) is 24.3 Å². The van der Waals surface area contributed by atoms with Gasteiger partial charge in [0.2, 0.25) is 0 Å². The summed E-state index contributed by atoms with van der Waals surface area (Å²) in [6, 6.07) is 4.81. The Kier molecular flexibility index (Phi) is 5.13. The van der Waals surface area contributed by atoms with Gasteiger partial charge >= 0.3 is 6.18 Å². The van der Waals surface area contributed by atoms with Crippen LogP contribution in [0.25, 0.3) is 5.57 Å². The molecule has 0 amide bonds. The summed E-state index contributed by atoms with van der Waals surface area (Å²) in [6.45, 7) is 2.44. The van der Waals surface area contributed by atoms with E-state index in [1.165, 1.54) is 18.4 Å². The minimum Gasteiger partial charge on any atom is -0.501 e. The zero-order valence-electron chi connectivity index (χ0n) is 13.0. The van der Waals surface area contributed by atoms with E-state index in [1.54, 1.807) is 7.05 Å². The lowest BCUT2D eigenvalue weighted by Gasteiger charge is -2.10. The lowest BCUT2D eigenvalue weighted by Crippen LogP contribution is -2.08. The molecule has 0 fully saturated rings. The van der Waals surface area contributed by atoms with Crippen molar-refractivity contribution in [3.05, 3.63) is 52.9 Å². The fourth-order valence-corrected chi connectivity index (χ4v) is 2.40. The Hall–Kier alpha value is -2.24. The standard InChI is InChI=1S/C17H18F3NO2/c1-3-7-23-10-12-9-14(21-2)15(16(12)22)11-5-4-6-13(8-11)17(18,19)20/h4-6,8,10,21H,3,7,9H2,1-2H3. The Bertz CT molecular complexity index is 660. The Morgan fingerprint density at radius 1 is 1.35 bits per heavy atom. The molecule has 6 heteroatoms. The third kappa shape index (κ3) is 3.75. The number of carbonyl (C=O) groups excluding carboxylic acids is 1. The van der Waals surface area contributed by atoms with E-state index in [4.69, 9.17) is 4.74 Å². The van der Waals surface area contributed by atoms with Crippen LogP contribution in [0.1, 0.15) is 30.9 Å². The molecule has 0 radical (unpaired) electrons.